The zero-order valence-corrected chi connectivity index (χ0v) is 18.2. The number of ether oxygens (including phenoxy) is 2. The van der Waals surface area contributed by atoms with E-state index in [1.54, 1.807) is 36.3 Å². The lowest BCUT2D eigenvalue weighted by Gasteiger charge is -2.22. The van der Waals surface area contributed by atoms with Crippen LogP contribution in [0.3, 0.4) is 0 Å². The van der Waals surface area contributed by atoms with Crippen molar-refractivity contribution < 1.29 is 18.7 Å². The van der Waals surface area contributed by atoms with Gasteiger partial charge in [0.25, 0.3) is 11.1 Å². The van der Waals surface area contributed by atoms with E-state index in [-0.39, 0.29) is 18.3 Å². The number of methoxy groups -OCH3 is 1. The molecule has 0 radical (unpaired) electrons. The normalized spacial score (nSPS) is 10.5. The van der Waals surface area contributed by atoms with E-state index in [2.05, 4.69) is 10.2 Å². The van der Waals surface area contributed by atoms with Gasteiger partial charge in [0.1, 0.15) is 11.5 Å². The van der Waals surface area contributed by atoms with Gasteiger partial charge in [-0.2, -0.15) is 0 Å². The quantitative estimate of drug-likeness (QED) is 0.330. The van der Waals surface area contributed by atoms with E-state index >= 15 is 0 Å². The zero-order chi connectivity index (χ0) is 22.2. The number of thioether (sulfide) groups is 1. The van der Waals surface area contributed by atoms with Crippen molar-refractivity contribution in [1.29, 1.82) is 0 Å². The van der Waals surface area contributed by atoms with E-state index in [1.165, 1.54) is 11.8 Å². The summed E-state index contributed by atoms with van der Waals surface area (Å²) < 4.78 is 16.4. The number of hydrogen-bond acceptors (Lipinski definition) is 7. The Morgan fingerprint density at radius 1 is 0.875 bits per heavy atom. The lowest BCUT2D eigenvalue weighted by atomic mass is 10.2. The topological polar surface area (TPSA) is 77.7 Å². The number of para-hydroxylation sites is 2. The molecule has 0 fully saturated rings. The van der Waals surface area contributed by atoms with E-state index < -0.39 is 0 Å². The van der Waals surface area contributed by atoms with Crippen LogP contribution in [0, 0.1) is 0 Å². The van der Waals surface area contributed by atoms with Crippen molar-refractivity contribution in [2.24, 2.45) is 0 Å². The van der Waals surface area contributed by atoms with Crippen LogP contribution in [0.4, 0.5) is 11.4 Å². The van der Waals surface area contributed by atoms with E-state index in [0.29, 0.717) is 16.9 Å². The van der Waals surface area contributed by atoms with Gasteiger partial charge >= 0.3 is 0 Å². The van der Waals surface area contributed by atoms with Gasteiger partial charge in [-0.3, -0.25) is 9.69 Å². The third-order valence-corrected chi connectivity index (χ3v) is 5.27. The highest BCUT2D eigenvalue weighted by molar-refractivity contribution is 7.99. The van der Waals surface area contributed by atoms with Crippen molar-refractivity contribution >= 4 is 29.0 Å². The molecule has 1 aromatic heterocycles. The summed E-state index contributed by atoms with van der Waals surface area (Å²) in [7, 11) is 1.61. The first-order valence-corrected chi connectivity index (χ1v) is 10.9. The molecule has 0 N–H and O–H groups in total. The summed E-state index contributed by atoms with van der Waals surface area (Å²) in [6.07, 6.45) is 0. The van der Waals surface area contributed by atoms with Crippen molar-refractivity contribution in [2.45, 2.75) is 11.8 Å². The van der Waals surface area contributed by atoms with Gasteiger partial charge in [-0.25, -0.2) is 0 Å². The van der Waals surface area contributed by atoms with Crippen LogP contribution < -0.4 is 14.4 Å². The summed E-state index contributed by atoms with van der Waals surface area (Å²) in [4.78, 5) is 14.7. The highest BCUT2D eigenvalue weighted by Gasteiger charge is 2.19. The van der Waals surface area contributed by atoms with E-state index in [4.69, 9.17) is 13.9 Å². The maximum Gasteiger partial charge on any atom is 0.277 e. The largest absolute Gasteiger partial charge is 0.497 e. The molecule has 1 heterocycles. The van der Waals surface area contributed by atoms with Gasteiger partial charge in [-0.05, 0) is 48.5 Å². The average molecular weight is 448 g/mol. The molecular formula is C24H21N3O4S. The minimum atomic E-state index is -0.0957. The third kappa shape index (κ3) is 5.47. The first-order valence-electron chi connectivity index (χ1n) is 9.88. The van der Waals surface area contributed by atoms with Crippen LogP contribution in [0.5, 0.6) is 11.5 Å². The summed E-state index contributed by atoms with van der Waals surface area (Å²) in [5.74, 6) is 1.79. The molecule has 3 aromatic carbocycles. The molecule has 32 heavy (non-hydrogen) atoms. The lowest BCUT2D eigenvalue weighted by Crippen LogP contribution is -2.27. The van der Waals surface area contributed by atoms with E-state index in [9.17, 15) is 4.79 Å². The fraction of sp³-hybridized carbons (Fsp3) is 0.125. The van der Waals surface area contributed by atoms with Crippen LogP contribution in [-0.2, 0) is 11.4 Å². The molecule has 4 rings (SSSR count). The van der Waals surface area contributed by atoms with Gasteiger partial charge in [0.2, 0.25) is 5.91 Å². The molecule has 162 valence electrons. The minimum absolute atomic E-state index is 0.0957. The van der Waals surface area contributed by atoms with Crippen molar-refractivity contribution in [3.63, 3.8) is 0 Å². The molecule has 1 amide bonds. The maximum atomic E-state index is 13.1. The first-order chi connectivity index (χ1) is 15.7. The fourth-order valence-electron chi connectivity index (χ4n) is 2.95. The molecule has 8 heteroatoms. The van der Waals surface area contributed by atoms with Gasteiger partial charge in [0.05, 0.1) is 12.9 Å². The summed E-state index contributed by atoms with van der Waals surface area (Å²) in [5.41, 5.74) is 1.59. The number of rotatable bonds is 9. The Hall–Kier alpha value is -3.78. The molecule has 0 aliphatic rings. The summed E-state index contributed by atoms with van der Waals surface area (Å²) in [5, 5.41) is 8.31. The molecule has 7 nitrogen and oxygen atoms in total. The average Bonchev–Trinajstić information content (AvgIpc) is 3.31. The molecular weight excluding hydrogens is 426 g/mol. The maximum absolute atomic E-state index is 13.1. The third-order valence-electron chi connectivity index (χ3n) is 4.47. The van der Waals surface area contributed by atoms with Crippen LogP contribution >= 0.6 is 11.8 Å². The number of carbonyl (C=O) groups excluding carboxylic acids is 1. The van der Waals surface area contributed by atoms with Gasteiger partial charge in [0, 0.05) is 11.4 Å². The lowest BCUT2D eigenvalue weighted by molar-refractivity contribution is -0.115. The number of nitrogens with zero attached hydrogens (tertiary/aromatic N) is 3. The van der Waals surface area contributed by atoms with Gasteiger partial charge in [0.15, 0.2) is 6.61 Å². The number of benzene rings is 3. The van der Waals surface area contributed by atoms with Gasteiger partial charge in [-0.15, -0.1) is 10.2 Å². The zero-order valence-electron chi connectivity index (χ0n) is 17.4. The Kier molecular flexibility index (Phi) is 7.04. The van der Waals surface area contributed by atoms with Gasteiger partial charge in [-0.1, -0.05) is 48.2 Å². The summed E-state index contributed by atoms with van der Waals surface area (Å²) in [6, 6.07) is 26.2. The summed E-state index contributed by atoms with van der Waals surface area (Å²) >= 11 is 1.19. The highest BCUT2D eigenvalue weighted by atomic mass is 32.2. The van der Waals surface area contributed by atoms with Crippen LogP contribution in [0.15, 0.2) is 94.6 Å². The Morgan fingerprint density at radius 3 is 2.06 bits per heavy atom. The number of carbonyl (C=O) groups is 1. The number of amides is 1. The second-order valence-electron chi connectivity index (χ2n) is 6.61. The minimum Gasteiger partial charge on any atom is -0.497 e. The first kappa shape index (κ1) is 21.5. The molecule has 0 aliphatic carbocycles. The second kappa shape index (κ2) is 10.5. The van der Waals surface area contributed by atoms with Crippen molar-refractivity contribution in [3.8, 4) is 11.5 Å². The van der Waals surface area contributed by atoms with E-state index in [0.717, 1.165) is 17.1 Å². The number of anilines is 2. The predicted octanol–water partition coefficient (Wildman–Crippen LogP) is 5.11. The Labute approximate surface area is 190 Å². The van der Waals surface area contributed by atoms with Crippen LogP contribution in [0.1, 0.15) is 5.89 Å². The molecule has 4 aromatic rings. The molecule has 0 bridgehead atoms. The smallest absolute Gasteiger partial charge is 0.277 e. The number of aromatic nitrogens is 2. The van der Waals surface area contributed by atoms with E-state index in [1.807, 2.05) is 60.7 Å². The Morgan fingerprint density at radius 2 is 1.47 bits per heavy atom. The second-order valence-corrected chi connectivity index (χ2v) is 7.54. The molecule has 0 atom stereocenters. The number of hydrogen-bond donors (Lipinski definition) is 0. The molecule has 0 saturated heterocycles. The fourth-order valence-corrected chi connectivity index (χ4v) is 3.58. The van der Waals surface area contributed by atoms with Crippen molar-refractivity contribution in [1.82, 2.24) is 10.2 Å². The monoisotopic (exact) mass is 447 g/mol. The predicted molar refractivity (Wildman–Crippen MR) is 122 cm³/mol. The molecule has 0 saturated carbocycles. The van der Waals surface area contributed by atoms with Crippen molar-refractivity contribution in [2.75, 3.05) is 17.8 Å². The Bertz CT molecular complexity index is 1100. The van der Waals surface area contributed by atoms with Gasteiger partial charge < -0.3 is 13.9 Å². The molecule has 0 unspecified atom stereocenters. The van der Waals surface area contributed by atoms with Crippen molar-refractivity contribution in [3.05, 3.63) is 90.8 Å². The van der Waals surface area contributed by atoms with Crippen LogP contribution in [0.2, 0.25) is 0 Å². The molecule has 0 spiro atoms. The highest BCUT2D eigenvalue weighted by Crippen LogP contribution is 2.27. The van der Waals surface area contributed by atoms with Crippen LogP contribution in [0.25, 0.3) is 0 Å². The SMILES string of the molecule is COc1ccc(OCc2nnc(SCC(=O)N(c3ccccc3)c3ccccc3)o2)cc1. The summed E-state index contributed by atoms with van der Waals surface area (Å²) in [6.45, 7) is 0.133. The van der Waals surface area contributed by atoms with Crippen LogP contribution in [-0.4, -0.2) is 29.0 Å². The Balaban J connectivity index is 1.37. The molecule has 0 aliphatic heterocycles. The standard InChI is InChI=1S/C24H21N3O4S/c1-29-20-12-14-21(15-13-20)30-16-22-25-26-24(31-22)32-17-23(28)27(18-8-4-2-5-9-18)19-10-6-3-7-11-19/h2-15H,16-17H2,1H3.